The third-order valence-corrected chi connectivity index (χ3v) is 5.00. The van der Waals surface area contributed by atoms with Gasteiger partial charge < -0.3 is 19.5 Å². The molecule has 2 aliphatic heterocycles. The number of hydrogen-bond donors (Lipinski definition) is 1. The molecule has 0 unspecified atom stereocenters. The van der Waals surface area contributed by atoms with E-state index in [0.717, 1.165) is 37.6 Å². The first-order valence-corrected chi connectivity index (χ1v) is 8.20. The van der Waals surface area contributed by atoms with Gasteiger partial charge in [0.2, 0.25) is 5.82 Å². The number of aromatic nitrogens is 3. The molecule has 4 rings (SSSR count). The Kier molecular flexibility index (Phi) is 3.72. The van der Waals surface area contributed by atoms with Gasteiger partial charge in [-0.05, 0) is 43.1 Å². The maximum Gasteiger partial charge on any atom is 0.293 e. The van der Waals surface area contributed by atoms with E-state index in [1.165, 1.54) is 0 Å². The van der Waals surface area contributed by atoms with E-state index in [0.29, 0.717) is 23.3 Å². The van der Waals surface area contributed by atoms with Crippen LogP contribution in [0.1, 0.15) is 16.4 Å². The lowest BCUT2D eigenvalue weighted by atomic mass is 9.89. The predicted octanol–water partition coefficient (Wildman–Crippen LogP) is 1.27. The van der Waals surface area contributed by atoms with Crippen LogP contribution in [0.25, 0.3) is 0 Å². The van der Waals surface area contributed by atoms with Crippen LogP contribution in [0.2, 0.25) is 0 Å². The molecule has 2 aromatic rings. The Balaban J connectivity index is 1.52. The summed E-state index contributed by atoms with van der Waals surface area (Å²) in [6.45, 7) is 3.00. The Labute approximate surface area is 140 Å². The largest absolute Gasteiger partial charge is 0.497 e. The summed E-state index contributed by atoms with van der Waals surface area (Å²) < 4.78 is 7.11. The first-order valence-electron chi connectivity index (χ1n) is 8.20. The van der Waals surface area contributed by atoms with E-state index in [2.05, 4.69) is 27.5 Å². The first-order chi connectivity index (χ1) is 11.6. The van der Waals surface area contributed by atoms with E-state index in [9.17, 15) is 4.79 Å². The average Bonchev–Trinajstić information content (AvgIpc) is 3.14. The summed E-state index contributed by atoms with van der Waals surface area (Å²) in [7, 11) is 3.76. The van der Waals surface area contributed by atoms with Crippen molar-refractivity contribution in [2.45, 2.75) is 13.0 Å². The maximum absolute atomic E-state index is 12.6. The molecular weight excluding hydrogens is 306 g/mol. The Bertz CT molecular complexity index is 755. The molecule has 0 radical (unpaired) electrons. The lowest BCUT2D eigenvalue weighted by Crippen LogP contribution is -2.31. The van der Waals surface area contributed by atoms with Gasteiger partial charge in [-0.2, -0.15) is 0 Å². The molecule has 1 saturated heterocycles. The van der Waals surface area contributed by atoms with Gasteiger partial charge >= 0.3 is 0 Å². The smallest absolute Gasteiger partial charge is 0.293 e. The molecule has 2 atom stereocenters. The van der Waals surface area contributed by atoms with Crippen LogP contribution in [0.3, 0.4) is 0 Å². The van der Waals surface area contributed by atoms with Crippen LogP contribution in [0, 0.1) is 11.8 Å². The molecule has 1 aromatic carbocycles. The second-order valence-corrected chi connectivity index (χ2v) is 6.68. The Morgan fingerprint density at radius 2 is 1.92 bits per heavy atom. The maximum atomic E-state index is 12.6. The van der Waals surface area contributed by atoms with E-state index < -0.39 is 0 Å². The van der Waals surface area contributed by atoms with Crippen molar-refractivity contribution < 1.29 is 9.53 Å². The summed E-state index contributed by atoms with van der Waals surface area (Å²) in [5.41, 5.74) is 0.715. The quantitative estimate of drug-likeness (QED) is 0.919. The van der Waals surface area contributed by atoms with E-state index in [1.54, 1.807) is 7.11 Å². The number of amides is 1. The fraction of sp³-hybridized carbons (Fsp3) is 0.471. The minimum Gasteiger partial charge on any atom is -0.497 e. The molecule has 126 valence electrons. The highest BCUT2D eigenvalue weighted by Crippen LogP contribution is 2.31. The van der Waals surface area contributed by atoms with Gasteiger partial charge in [0.05, 0.1) is 7.11 Å². The van der Waals surface area contributed by atoms with E-state index in [-0.39, 0.29) is 5.91 Å². The number of ether oxygens (including phenoxy) is 1. The van der Waals surface area contributed by atoms with Crippen molar-refractivity contribution in [3.05, 3.63) is 35.9 Å². The first kappa shape index (κ1) is 15.1. The number of fused-ring (bicyclic) bond motifs is 2. The summed E-state index contributed by atoms with van der Waals surface area (Å²) in [5, 5.41) is 11.3. The van der Waals surface area contributed by atoms with Crippen molar-refractivity contribution >= 4 is 11.6 Å². The van der Waals surface area contributed by atoms with Gasteiger partial charge in [0, 0.05) is 31.7 Å². The number of nitrogens with zero attached hydrogens (tertiary/aromatic N) is 4. The fourth-order valence-electron chi connectivity index (χ4n) is 3.79. The van der Waals surface area contributed by atoms with E-state index in [4.69, 9.17) is 4.74 Å². The third-order valence-electron chi connectivity index (χ3n) is 5.00. The summed E-state index contributed by atoms with van der Waals surface area (Å²) in [6, 6.07) is 7.25. The highest BCUT2D eigenvalue weighted by Gasteiger charge is 2.37. The molecule has 1 amide bonds. The highest BCUT2D eigenvalue weighted by atomic mass is 16.5. The zero-order chi connectivity index (χ0) is 16.7. The van der Waals surface area contributed by atoms with Gasteiger partial charge in [-0.25, -0.2) is 0 Å². The van der Waals surface area contributed by atoms with Crippen LogP contribution < -0.4 is 10.1 Å². The molecule has 3 heterocycles. The topological polar surface area (TPSA) is 72.3 Å². The van der Waals surface area contributed by atoms with Crippen LogP contribution in [0.15, 0.2) is 24.3 Å². The lowest BCUT2D eigenvalue weighted by molar-refractivity contribution is 0.100. The standard InChI is InChI=1S/C17H21N5O2/c1-21-8-11-7-15-19-20-16(22(15)10-12(11)9-21)17(23)18-13-3-5-14(24-2)6-4-13/h3-6,11-12H,7-10H2,1-2H3,(H,18,23)/t11-,12+/m0/s1. The number of carbonyl (C=O) groups excluding carboxylic acids is 1. The van der Waals surface area contributed by atoms with Crippen LogP contribution >= 0.6 is 0 Å². The average molecular weight is 327 g/mol. The number of rotatable bonds is 3. The number of anilines is 1. The monoisotopic (exact) mass is 327 g/mol. The minimum atomic E-state index is -0.219. The molecule has 1 aromatic heterocycles. The van der Waals surface area contributed by atoms with Crippen LogP contribution in [-0.2, 0) is 13.0 Å². The molecular formula is C17H21N5O2. The lowest BCUT2D eigenvalue weighted by Gasteiger charge is -2.25. The summed E-state index contributed by atoms with van der Waals surface area (Å²) in [4.78, 5) is 14.9. The second kappa shape index (κ2) is 5.90. The highest BCUT2D eigenvalue weighted by molar-refractivity contribution is 6.01. The van der Waals surface area contributed by atoms with Gasteiger partial charge in [-0.15, -0.1) is 10.2 Å². The van der Waals surface area contributed by atoms with E-state index >= 15 is 0 Å². The van der Waals surface area contributed by atoms with Crippen molar-refractivity contribution in [3.8, 4) is 5.75 Å². The Hall–Kier alpha value is -2.41. The van der Waals surface area contributed by atoms with Crippen LogP contribution in [0.5, 0.6) is 5.75 Å². The normalized spacial score (nSPS) is 22.8. The number of nitrogens with one attached hydrogen (secondary N) is 1. The number of methoxy groups -OCH3 is 1. The molecule has 0 bridgehead atoms. The number of carbonyl (C=O) groups is 1. The molecule has 2 aliphatic rings. The molecule has 24 heavy (non-hydrogen) atoms. The second-order valence-electron chi connectivity index (χ2n) is 6.68. The fourth-order valence-corrected chi connectivity index (χ4v) is 3.79. The molecule has 0 saturated carbocycles. The van der Waals surface area contributed by atoms with Crippen LogP contribution in [0.4, 0.5) is 5.69 Å². The van der Waals surface area contributed by atoms with E-state index in [1.807, 2.05) is 28.8 Å². The summed E-state index contributed by atoms with van der Waals surface area (Å²) in [6.07, 6.45) is 0.901. The number of hydrogen-bond acceptors (Lipinski definition) is 5. The zero-order valence-corrected chi connectivity index (χ0v) is 13.9. The molecule has 1 N–H and O–H groups in total. The molecule has 7 heteroatoms. The molecule has 7 nitrogen and oxygen atoms in total. The van der Waals surface area contributed by atoms with Crippen molar-refractivity contribution in [2.75, 3.05) is 32.6 Å². The Morgan fingerprint density at radius 3 is 2.67 bits per heavy atom. The third kappa shape index (κ3) is 2.65. The van der Waals surface area contributed by atoms with Crippen LogP contribution in [-0.4, -0.2) is 52.8 Å². The zero-order valence-electron chi connectivity index (χ0n) is 13.9. The van der Waals surface area contributed by atoms with Crippen molar-refractivity contribution in [2.24, 2.45) is 11.8 Å². The van der Waals surface area contributed by atoms with Gasteiger partial charge in [-0.1, -0.05) is 0 Å². The predicted molar refractivity (Wildman–Crippen MR) is 89.2 cm³/mol. The molecule has 1 fully saturated rings. The summed E-state index contributed by atoms with van der Waals surface area (Å²) in [5.74, 6) is 3.06. The molecule has 0 spiro atoms. The SMILES string of the molecule is COc1ccc(NC(=O)c2nnc3n2C[C@H]2CN(C)C[C@@H]2C3)cc1. The minimum absolute atomic E-state index is 0.219. The van der Waals surface area contributed by atoms with Crippen molar-refractivity contribution in [1.82, 2.24) is 19.7 Å². The van der Waals surface area contributed by atoms with Gasteiger partial charge in [0.1, 0.15) is 11.6 Å². The number of likely N-dealkylation sites (tertiary alicyclic amines) is 1. The summed E-state index contributed by atoms with van der Waals surface area (Å²) >= 11 is 0. The van der Waals surface area contributed by atoms with Gasteiger partial charge in [0.25, 0.3) is 5.91 Å². The van der Waals surface area contributed by atoms with Gasteiger partial charge in [0.15, 0.2) is 0 Å². The number of benzene rings is 1. The molecule has 0 aliphatic carbocycles. The van der Waals surface area contributed by atoms with Gasteiger partial charge in [-0.3, -0.25) is 4.79 Å². The Morgan fingerprint density at radius 1 is 1.17 bits per heavy atom. The van der Waals surface area contributed by atoms with Crippen molar-refractivity contribution in [3.63, 3.8) is 0 Å². The van der Waals surface area contributed by atoms with Crippen molar-refractivity contribution in [1.29, 1.82) is 0 Å².